The van der Waals surface area contributed by atoms with E-state index in [-0.39, 0.29) is 17.3 Å². The molecule has 1 aliphatic carbocycles. The minimum absolute atomic E-state index is 0.0749. The second-order valence-electron chi connectivity index (χ2n) is 7.83. The van der Waals surface area contributed by atoms with E-state index in [2.05, 4.69) is 10.7 Å². The molecule has 0 spiro atoms. The molecule has 1 amide bonds. The number of nitrogens with zero attached hydrogens (tertiary/aromatic N) is 1. The van der Waals surface area contributed by atoms with Crippen molar-refractivity contribution in [3.05, 3.63) is 81.5 Å². The number of nitrogens with one attached hydrogen (secondary N) is 2. The van der Waals surface area contributed by atoms with Crippen molar-refractivity contribution in [3.63, 3.8) is 0 Å². The van der Waals surface area contributed by atoms with Gasteiger partial charge in [-0.3, -0.25) is 9.59 Å². The van der Waals surface area contributed by atoms with Gasteiger partial charge in [-0.15, -0.1) is 0 Å². The average Bonchev–Trinajstić information content (AvgIpc) is 2.70. The number of benzene rings is 2. The summed E-state index contributed by atoms with van der Waals surface area (Å²) in [6.07, 6.45) is 3.28. The number of hydrogen-bond donors (Lipinski definition) is 2. The van der Waals surface area contributed by atoms with Crippen LogP contribution in [0.2, 0.25) is 0 Å². The van der Waals surface area contributed by atoms with Gasteiger partial charge >= 0.3 is 0 Å². The number of fused-ring (bicyclic) bond motifs is 1. The van der Waals surface area contributed by atoms with Crippen LogP contribution in [0.5, 0.6) is 0 Å². The summed E-state index contributed by atoms with van der Waals surface area (Å²) in [7, 11) is 0. The lowest BCUT2D eigenvalue weighted by Gasteiger charge is -2.35. The van der Waals surface area contributed by atoms with E-state index in [0.717, 1.165) is 24.8 Å². The fourth-order valence-corrected chi connectivity index (χ4v) is 4.28. The van der Waals surface area contributed by atoms with E-state index >= 15 is 0 Å². The quantitative estimate of drug-likeness (QED) is 0.641. The third-order valence-electron chi connectivity index (χ3n) is 6.01. The van der Waals surface area contributed by atoms with Gasteiger partial charge in [0.05, 0.1) is 22.7 Å². The molecule has 0 saturated heterocycles. The van der Waals surface area contributed by atoms with E-state index in [1.165, 1.54) is 16.8 Å². The maximum Gasteiger partial charge on any atom is 0.279 e. The number of amides is 1. The maximum atomic E-state index is 14.6. The summed E-state index contributed by atoms with van der Waals surface area (Å²) in [6, 6.07) is 14.2. The van der Waals surface area contributed by atoms with Crippen LogP contribution < -0.4 is 16.3 Å². The molecule has 1 fully saturated rings. The Morgan fingerprint density at radius 2 is 1.90 bits per heavy atom. The Labute approximate surface area is 174 Å². The molecule has 1 saturated carbocycles. The Morgan fingerprint density at radius 1 is 1.17 bits per heavy atom. The van der Waals surface area contributed by atoms with Gasteiger partial charge in [-0.1, -0.05) is 48.9 Å². The Morgan fingerprint density at radius 3 is 2.53 bits per heavy atom. The highest BCUT2D eigenvalue weighted by Crippen LogP contribution is 2.38. The van der Waals surface area contributed by atoms with Crippen LogP contribution >= 0.6 is 0 Å². The van der Waals surface area contributed by atoms with Crippen molar-refractivity contribution in [2.24, 2.45) is 5.92 Å². The standard InChI is InChI=1S/C24H26FN3O2/c1-3-26-28-15(2)20(18-13-8-14-19(25)21(18)24(28)30)23(29)27-22(17-11-7-12-17)16-9-5-4-6-10-16/h4-6,8-10,13-14,17,22,26H,3,7,11-12H2,1-2H3,(H,27,29)/t22-/m1/s1. The molecule has 0 aliphatic heterocycles. The van der Waals surface area contributed by atoms with Gasteiger partial charge in [0.25, 0.3) is 11.5 Å². The Hall–Kier alpha value is -3.15. The van der Waals surface area contributed by atoms with Crippen molar-refractivity contribution in [2.45, 2.75) is 39.2 Å². The molecule has 0 radical (unpaired) electrons. The summed E-state index contributed by atoms with van der Waals surface area (Å²) in [6.45, 7) is 4.03. The number of carbonyl (C=O) groups is 1. The van der Waals surface area contributed by atoms with Crippen molar-refractivity contribution in [2.75, 3.05) is 12.0 Å². The molecule has 1 heterocycles. The smallest absolute Gasteiger partial charge is 0.279 e. The molecule has 3 aromatic rings. The van der Waals surface area contributed by atoms with Crippen molar-refractivity contribution in [1.82, 2.24) is 9.99 Å². The lowest BCUT2D eigenvalue weighted by Crippen LogP contribution is -2.39. The Bertz CT molecular complexity index is 1140. The predicted molar refractivity (Wildman–Crippen MR) is 117 cm³/mol. The van der Waals surface area contributed by atoms with Crippen molar-refractivity contribution in [3.8, 4) is 0 Å². The summed E-state index contributed by atoms with van der Waals surface area (Å²) in [5, 5.41) is 3.45. The zero-order valence-corrected chi connectivity index (χ0v) is 17.2. The third-order valence-corrected chi connectivity index (χ3v) is 6.01. The summed E-state index contributed by atoms with van der Waals surface area (Å²) in [5.74, 6) is -0.549. The van der Waals surface area contributed by atoms with Crippen LogP contribution in [0.15, 0.2) is 53.3 Å². The normalized spacial score (nSPS) is 14.9. The first kappa shape index (κ1) is 20.1. The van der Waals surface area contributed by atoms with Crippen LogP contribution in [0.25, 0.3) is 10.8 Å². The summed E-state index contributed by atoms with van der Waals surface area (Å²) < 4.78 is 15.9. The van der Waals surface area contributed by atoms with Crippen molar-refractivity contribution < 1.29 is 9.18 Å². The van der Waals surface area contributed by atoms with Crippen molar-refractivity contribution in [1.29, 1.82) is 0 Å². The largest absolute Gasteiger partial charge is 0.345 e. The molecule has 6 heteroatoms. The second-order valence-corrected chi connectivity index (χ2v) is 7.83. The van der Waals surface area contributed by atoms with Gasteiger partial charge in [-0.05, 0) is 44.2 Å². The molecule has 1 atom stereocenters. The van der Waals surface area contributed by atoms with Crippen LogP contribution in [0, 0.1) is 18.7 Å². The number of aromatic nitrogens is 1. The second kappa shape index (κ2) is 8.30. The minimum atomic E-state index is -0.628. The first-order valence-electron chi connectivity index (χ1n) is 10.5. The van der Waals surface area contributed by atoms with Crippen LogP contribution in [0.3, 0.4) is 0 Å². The number of pyridine rings is 1. The van der Waals surface area contributed by atoms with Gasteiger partial charge in [0.15, 0.2) is 0 Å². The van der Waals surface area contributed by atoms with Crippen LogP contribution in [0.1, 0.15) is 53.8 Å². The van der Waals surface area contributed by atoms with Gasteiger partial charge in [0.2, 0.25) is 0 Å². The molecule has 2 aromatic carbocycles. The molecule has 4 rings (SSSR count). The van der Waals surface area contributed by atoms with Gasteiger partial charge in [0.1, 0.15) is 5.82 Å². The Kier molecular flexibility index (Phi) is 5.57. The van der Waals surface area contributed by atoms with Gasteiger partial charge < -0.3 is 10.7 Å². The molecular formula is C24H26FN3O2. The zero-order chi connectivity index (χ0) is 21.3. The SMILES string of the molecule is CCNn1c(C)c(C(=O)N[C@H](c2ccccc2)C2CCC2)c2cccc(F)c2c1=O. The molecule has 0 bridgehead atoms. The lowest BCUT2D eigenvalue weighted by atomic mass is 9.77. The van der Waals surface area contributed by atoms with Crippen LogP contribution in [-0.4, -0.2) is 17.1 Å². The van der Waals surface area contributed by atoms with E-state index in [1.54, 1.807) is 13.0 Å². The lowest BCUT2D eigenvalue weighted by molar-refractivity contribution is 0.0901. The number of rotatable bonds is 6. The minimum Gasteiger partial charge on any atom is -0.345 e. The highest BCUT2D eigenvalue weighted by atomic mass is 19.1. The molecule has 156 valence electrons. The molecule has 1 aliphatic rings. The molecule has 2 N–H and O–H groups in total. The summed E-state index contributed by atoms with van der Waals surface area (Å²) in [5.41, 5.74) is 4.31. The van der Waals surface area contributed by atoms with Gasteiger partial charge in [0, 0.05) is 11.9 Å². The monoisotopic (exact) mass is 407 g/mol. The number of halogens is 1. The first-order chi connectivity index (χ1) is 14.5. The maximum absolute atomic E-state index is 14.6. The molecule has 30 heavy (non-hydrogen) atoms. The highest BCUT2D eigenvalue weighted by Gasteiger charge is 2.31. The molecule has 5 nitrogen and oxygen atoms in total. The summed E-state index contributed by atoms with van der Waals surface area (Å²) in [4.78, 5) is 26.4. The van der Waals surface area contributed by atoms with Crippen LogP contribution in [0.4, 0.5) is 4.39 Å². The van der Waals surface area contributed by atoms with E-state index in [9.17, 15) is 14.0 Å². The molecular weight excluding hydrogens is 381 g/mol. The topological polar surface area (TPSA) is 63.1 Å². The fraction of sp³-hybridized carbons (Fsp3) is 0.333. The van der Waals surface area contributed by atoms with E-state index in [4.69, 9.17) is 0 Å². The first-order valence-corrected chi connectivity index (χ1v) is 10.5. The fourth-order valence-electron chi connectivity index (χ4n) is 4.28. The predicted octanol–water partition coefficient (Wildman–Crippen LogP) is 4.28. The number of hydrogen-bond acceptors (Lipinski definition) is 3. The van der Waals surface area contributed by atoms with Gasteiger partial charge in [-0.2, -0.15) is 0 Å². The van der Waals surface area contributed by atoms with Gasteiger partial charge in [-0.25, -0.2) is 9.07 Å². The third kappa shape index (κ3) is 3.47. The number of carbonyl (C=O) groups excluding carboxylic acids is 1. The van der Waals surface area contributed by atoms with E-state index in [0.29, 0.717) is 29.1 Å². The Balaban J connectivity index is 1.82. The summed E-state index contributed by atoms with van der Waals surface area (Å²) >= 11 is 0. The molecule has 0 unspecified atom stereocenters. The van der Waals surface area contributed by atoms with E-state index < -0.39 is 11.4 Å². The zero-order valence-electron chi connectivity index (χ0n) is 17.2. The van der Waals surface area contributed by atoms with E-state index in [1.807, 2.05) is 37.3 Å². The average molecular weight is 407 g/mol. The highest BCUT2D eigenvalue weighted by molar-refractivity contribution is 6.08. The van der Waals surface area contributed by atoms with Crippen molar-refractivity contribution >= 4 is 16.7 Å². The van der Waals surface area contributed by atoms with Crippen LogP contribution in [-0.2, 0) is 0 Å². The molecule has 1 aromatic heterocycles.